The van der Waals surface area contributed by atoms with Gasteiger partial charge in [0.15, 0.2) is 0 Å². The minimum absolute atomic E-state index is 0.0130. The Bertz CT molecular complexity index is 489. The second kappa shape index (κ2) is 3.89. The molecule has 2 aromatic rings. The van der Waals surface area contributed by atoms with Crippen molar-refractivity contribution in [3.05, 3.63) is 47.7 Å². The molecule has 1 aromatic carbocycles. The largest absolute Gasteiger partial charge is 0.418 e. The highest BCUT2D eigenvalue weighted by Crippen LogP contribution is 2.29. The molecule has 4 heteroatoms. The van der Waals surface area contributed by atoms with Gasteiger partial charge < -0.3 is 4.42 Å². The maximum atomic E-state index is 10.5. The summed E-state index contributed by atoms with van der Waals surface area (Å²) >= 11 is 0. The third kappa shape index (κ3) is 1.74. The van der Waals surface area contributed by atoms with E-state index in [1.807, 2.05) is 44.2 Å². The van der Waals surface area contributed by atoms with Crippen LogP contribution in [0.5, 0.6) is 0 Å². The highest BCUT2D eigenvalue weighted by atomic mass is 16.4. The van der Waals surface area contributed by atoms with E-state index in [-0.39, 0.29) is 5.89 Å². The Labute approximate surface area is 93.3 Å². The van der Waals surface area contributed by atoms with Crippen molar-refractivity contribution in [1.29, 1.82) is 0 Å². The fourth-order valence-electron chi connectivity index (χ4n) is 1.51. The summed E-state index contributed by atoms with van der Waals surface area (Å²) in [6, 6.07) is 9.84. The van der Waals surface area contributed by atoms with E-state index in [9.17, 15) is 4.79 Å². The number of hydrogen-bond donors (Lipinski definition) is 0. The van der Waals surface area contributed by atoms with E-state index in [0.29, 0.717) is 12.2 Å². The first-order chi connectivity index (χ1) is 7.64. The van der Waals surface area contributed by atoms with Gasteiger partial charge in [-0.1, -0.05) is 30.3 Å². The number of hydrogen-bond acceptors (Lipinski definition) is 4. The molecule has 0 saturated heterocycles. The molecule has 0 aliphatic rings. The number of aromatic nitrogens is 2. The topological polar surface area (TPSA) is 56.0 Å². The van der Waals surface area contributed by atoms with Crippen molar-refractivity contribution in [2.24, 2.45) is 0 Å². The molecule has 0 aliphatic carbocycles. The fraction of sp³-hybridized carbons (Fsp3) is 0.250. The Morgan fingerprint density at radius 2 is 1.88 bits per heavy atom. The quantitative estimate of drug-likeness (QED) is 0.738. The second-order valence-electron chi connectivity index (χ2n) is 4.05. The van der Waals surface area contributed by atoms with Crippen LogP contribution in [0, 0.1) is 0 Å². The van der Waals surface area contributed by atoms with Crippen LogP contribution in [-0.2, 0) is 5.41 Å². The van der Waals surface area contributed by atoms with E-state index >= 15 is 0 Å². The normalized spacial score (nSPS) is 11.4. The molecule has 16 heavy (non-hydrogen) atoms. The van der Waals surface area contributed by atoms with Crippen LogP contribution in [0.15, 0.2) is 34.7 Å². The molecular formula is C12H12N2O2. The molecule has 0 saturated carbocycles. The summed E-state index contributed by atoms with van der Waals surface area (Å²) in [6.45, 7) is 3.95. The zero-order valence-corrected chi connectivity index (χ0v) is 9.18. The summed E-state index contributed by atoms with van der Waals surface area (Å²) in [5, 5.41) is 7.53. The summed E-state index contributed by atoms with van der Waals surface area (Å²) in [7, 11) is 0. The van der Waals surface area contributed by atoms with E-state index in [4.69, 9.17) is 4.42 Å². The van der Waals surface area contributed by atoms with E-state index in [1.165, 1.54) is 0 Å². The Morgan fingerprint density at radius 1 is 1.19 bits per heavy atom. The van der Waals surface area contributed by atoms with Gasteiger partial charge in [0.05, 0.1) is 5.41 Å². The van der Waals surface area contributed by atoms with Crippen LogP contribution in [0.1, 0.15) is 36.0 Å². The van der Waals surface area contributed by atoms with Gasteiger partial charge in [0.2, 0.25) is 12.2 Å². The molecule has 0 radical (unpaired) electrons. The van der Waals surface area contributed by atoms with Crippen molar-refractivity contribution in [3.63, 3.8) is 0 Å². The molecule has 0 fully saturated rings. The van der Waals surface area contributed by atoms with Crippen LogP contribution in [-0.4, -0.2) is 16.5 Å². The van der Waals surface area contributed by atoms with Gasteiger partial charge in [-0.2, -0.15) is 0 Å². The molecule has 4 nitrogen and oxygen atoms in total. The van der Waals surface area contributed by atoms with Gasteiger partial charge in [-0.25, -0.2) is 0 Å². The van der Waals surface area contributed by atoms with Gasteiger partial charge in [-0.05, 0) is 19.4 Å². The van der Waals surface area contributed by atoms with Crippen molar-refractivity contribution in [2.75, 3.05) is 0 Å². The van der Waals surface area contributed by atoms with Crippen LogP contribution >= 0.6 is 0 Å². The summed E-state index contributed by atoms with van der Waals surface area (Å²) in [6.07, 6.45) is 0.553. The predicted octanol–water partition coefficient (Wildman–Crippen LogP) is 2.21. The molecule has 1 aromatic heterocycles. The maximum absolute atomic E-state index is 10.5. The molecule has 0 amide bonds. The molecule has 0 bridgehead atoms. The molecule has 0 N–H and O–H groups in total. The summed E-state index contributed by atoms with van der Waals surface area (Å²) < 4.78 is 5.26. The summed E-state index contributed by atoms with van der Waals surface area (Å²) in [5.74, 6) is 0.458. The average Bonchev–Trinajstić information content (AvgIpc) is 2.79. The van der Waals surface area contributed by atoms with Gasteiger partial charge in [0.1, 0.15) is 0 Å². The molecule has 0 atom stereocenters. The minimum Gasteiger partial charge on any atom is -0.418 e. The van der Waals surface area contributed by atoms with Gasteiger partial charge in [-0.3, -0.25) is 4.79 Å². The fourth-order valence-corrected chi connectivity index (χ4v) is 1.51. The van der Waals surface area contributed by atoms with Crippen LogP contribution < -0.4 is 0 Å². The predicted molar refractivity (Wildman–Crippen MR) is 58.3 cm³/mol. The van der Waals surface area contributed by atoms with Crippen molar-refractivity contribution in [3.8, 4) is 0 Å². The van der Waals surface area contributed by atoms with E-state index in [2.05, 4.69) is 10.2 Å². The van der Waals surface area contributed by atoms with Crippen LogP contribution in [0.4, 0.5) is 0 Å². The van der Waals surface area contributed by atoms with E-state index in [0.717, 1.165) is 5.56 Å². The third-order valence-electron chi connectivity index (χ3n) is 2.57. The SMILES string of the molecule is CC(C)(c1ccccc1)c1nnc(C=O)o1. The van der Waals surface area contributed by atoms with Crippen LogP contribution in [0.25, 0.3) is 0 Å². The lowest BCUT2D eigenvalue weighted by molar-refractivity contribution is 0.109. The highest BCUT2D eigenvalue weighted by Gasteiger charge is 2.29. The average molecular weight is 216 g/mol. The Morgan fingerprint density at radius 3 is 2.44 bits per heavy atom. The summed E-state index contributed by atoms with van der Waals surface area (Å²) in [4.78, 5) is 10.5. The monoisotopic (exact) mass is 216 g/mol. The molecule has 0 unspecified atom stereocenters. The standard InChI is InChI=1S/C12H12N2O2/c1-12(2,9-6-4-3-5-7-9)11-14-13-10(8-15)16-11/h3-8H,1-2H3. The highest BCUT2D eigenvalue weighted by molar-refractivity contribution is 5.66. The summed E-state index contributed by atoms with van der Waals surface area (Å²) in [5.41, 5.74) is 0.672. The first-order valence-corrected chi connectivity index (χ1v) is 4.99. The Balaban J connectivity index is 2.42. The second-order valence-corrected chi connectivity index (χ2v) is 4.05. The first-order valence-electron chi connectivity index (χ1n) is 4.99. The lowest BCUT2D eigenvalue weighted by Gasteiger charge is -2.20. The smallest absolute Gasteiger partial charge is 0.280 e. The number of carbonyl (C=O) groups is 1. The molecule has 1 heterocycles. The molecule has 2 rings (SSSR count). The number of benzene rings is 1. The van der Waals surface area contributed by atoms with Gasteiger partial charge in [-0.15, -0.1) is 10.2 Å². The maximum Gasteiger partial charge on any atom is 0.280 e. The van der Waals surface area contributed by atoms with Gasteiger partial charge >= 0.3 is 0 Å². The zero-order valence-electron chi connectivity index (χ0n) is 9.18. The molecular weight excluding hydrogens is 204 g/mol. The van der Waals surface area contributed by atoms with Crippen LogP contribution in [0.3, 0.4) is 0 Å². The van der Waals surface area contributed by atoms with E-state index < -0.39 is 5.41 Å². The number of rotatable bonds is 3. The third-order valence-corrected chi connectivity index (χ3v) is 2.57. The first kappa shape index (κ1) is 10.5. The lowest BCUT2D eigenvalue weighted by atomic mass is 9.85. The van der Waals surface area contributed by atoms with Gasteiger partial charge in [0.25, 0.3) is 5.89 Å². The minimum atomic E-state index is -0.393. The van der Waals surface area contributed by atoms with Crippen molar-refractivity contribution >= 4 is 6.29 Å². The molecule has 0 spiro atoms. The Hall–Kier alpha value is -1.97. The van der Waals surface area contributed by atoms with Crippen molar-refractivity contribution < 1.29 is 9.21 Å². The lowest BCUT2D eigenvalue weighted by Crippen LogP contribution is -2.19. The number of aldehydes is 1. The van der Waals surface area contributed by atoms with Crippen molar-refractivity contribution in [1.82, 2.24) is 10.2 Å². The zero-order chi connectivity index (χ0) is 11.6. The van der Waals surface area contributed by atoms with E-state index in [1.54, 1.807) is 0 Å². The van der Waals surface area contributed by atoms with Crippen molar-refractivity contribution in [2.45, 2.75) is 19.3 Å². The number of nitrogens with zero attached hydrogens (tertiary/aromatic N) is 2. The molecule has 82 valence electrons. The van der Waals surface area contributed by atoms with Gasteiger partial charge in [0, 0.05) is 0 Å². The number of carbonyl (C=O) groups excluding carboxylic acids is 1. The van der Waals surface area contributed by atoms with Crippen LogP contribution in [0.2, 0.25) is 0 Å². The molecule has 0 aliphatic heterocycles. The Kier molecular flexibility index (Phi) is 2.56.